The normalized spacial score (nSPS) is 10.8. The lowest BCUT2D eigenvalue weighted by Crippen LogP contribution is -1.91. The van der Waals surface area contributed by atoms with Gasteiger partial charge in [-0.3, -0.25) is 0 Å². The standard InChI is InChI=1S/C13H10BrN3OS/c14-9-4-2-1-3-8(9)7-12-16-13(18-17-12)10-5-6-11(15)19-10/h1-6H,7,15H2. The zero-order chi connectivity index (χ0) is 13.2. The Kier molecular flexibility index (Phi) is 3.35. The third-order valence-electron chi connectivity index (χ3n) is 2.61. The van der Waals surface area contributed by atoms with Gasteiger partial charge < -0.3 is 10.3 Å². The molecule has 3 rings (SSSR count). The number of benzene rings is 1. The lowest BCUT2D eigenvalue weighted by molar-refractivity contribution is 0.424. The minimum Gasteiger partial charge on any atom is -0.391 e. The first-order valence-corrected chi connectivity index (χ1v) is 7.25. The van der Waals surface area contributed by atoms with E-state index in [0.717, 1.165) is 19.9 Å². The first kappa shape index (κ1) is 12.4. The van der Waals surface area contributed by atoms with E-state index in [0.29, 0.717) is 18.1 Å². The average molecular weight is 336 g/mol. The molecular formula is C13H10BrN3OS. The van der Waals surface area contributed by atoms with Crippen molar-refractivity contribution in [2.45, 2.75) is 6.42 Å². The van der Waals surface area contributed by atoms with Gasteiger partial charge in [0.2, 0.25) is 0 Å². The van der Waals surface area contributed by atoms with Gasteiger partial charge >= 0.3 is 0 Å². The largest absolute Gasteiger partial charge is 0.391 e. The molecule has 0 amide bonds. The van der Waals surface area contributed by atoms with E-state index in [9.17, 15) is 0 Å². The van der Waals surface area contributed by atoms with Gasteiger partial charge in [0.15, 0.2) is 5.82 Å². The van der Waals surface area contributed by atoms with Crippen molar-refractivity contribution < 1.29 is 4.52 Å². The van der Waals surface area contributed by atoms with Crippen LogP contribution in [0.3, 0.4) is 0 Å². The second-order valence-corrected chi connectivity index (χ2v) is 5.96. The van der Waals surface area contributed by atoms with Crippen molar-refractivity contribution in [3.8, 4) is 10.8 Å². The highest BCUT2D eigenvalue weighted by molar-refractivity contribution is 9.10. The van der Waals surface area contributed by atoms with Gasteiger partial charge in [0.25, 0.3) is 5.89 Å². The molecule has 4 nitrogen and oxygen atoms in total. The first-order chi connectivity index (χ1) is 9.22. The van der Waals surface area contributed by atoms with Crippen LogP contribution in [0.5, 0.6) is 0 Å². The highest BCUT2D eigenvalue weighted by Gasteiger charge is 2.12. The average Bonchev–Trinajstić information content (AvgIpc) is 3.01. The van der Waals surface area contributed by atoms with Crippen LogP contribution in [0.2, 0.25) is 0 Å². The van der Waals surface area contributed by atoms with Crippen LogP contribution >= 0.6 is 27.3 Å². The Balaban J connectivity index is 1.84. The summed E-state index contributed by atoms with van der Waals surface area (Å²) in [6.07, 6.45) is 0.631. The molecule has 0 saturated heterocycles. The number of nitrogen functional groups attached to an aromatic ring is 1. The van der Waals surface area contributed by atoms with Crippen molar-refractivity contribution in [1.82, 2.24) is 10.1 Å². The summed E-state index contributed by atoms with van der Waals surface area (Å²) in [4.78, 5) is 5.28. The molecule has 0 atom stereocenters. The summed E-state index contributed by atoms with van der Waals surface area (Å²) in [6, 6.07) is 11.7. The maximum absolute atomic E-state index is 5.69. The number of hydrogen-bond acceptors (Lipinski definition) is 5. The molecule has 0 aliphatic carbocycles. The molecule has 96 valence electrons. The molecule has 0 spiro atoms. The van der Waals surface area contributed by atoms with E-state index >= 15 is 0 Å². The molecule has 19 heavy (non-hydrogen) atoms. The Morgan fingerprint density at radius 2 is 2.05 bits per heavy atom. The molecule has 0 unspecified atom stereocenters. The number of nitrogens with two attached hydrogens (primary N) is 1. The number of aromatic nitrogens is 2. The molecule has 3 aromatic rings. The maximum atomic E-state index is 5.69. The van der Waals surface area contributed by atoms with Gasteiger partial charge in [-0.05, 0) is 23.8 Å². The fourth-order valence-corrected chi connectivity index (χ4v) is 2.83. The predicted molar refractivity (Wildman–Crippen MR) is 79.0 cm³/mol. The van der Waals surface area contributed by atoms with Crippen LogP contribution in [0.4, 0.5) is 5.00 Å². The van der Waals surface area contributed by atoms with Crippen molar-refractivity contribution >= 4 is 32.3 Å². The summed E-state index contributed by atoms with van der Waals surface area (Å²) >= 11 is 4.94. The fraction of sp³-hybridized carbons (Fsp3) is 0.0769. The Hall–Kier alpha value is -1.66. The smallest absolute Gasteiger partial charge is 0.268 e. The van der Waals surface area contributed by atoms with Crippen LogP contribution in [0.25, 0.3) is 10.8 Å². The Labute approximate surface area is 122 Å². The second-order valence-electron chi connectivity index (χ2n) is 3.99. The molecule has 6 heteroatoms. The highest BCUT2D eigenvalue weighted by atomic mass is 79.9. The summed E-state index contributed by atoms with van der Waals surface area (Å²) in [7, 11) is 0. The molecule has 2 N–H and O–H groups in total. The van der Waals surface area contributed by atoms with E-state index in [-0.39, 0.29) is 0 Å². The van der Waals surface area contributed by atoms with E-state index in [1.807, 2.05) is 36.4 Å². The summed E-state index contributed by atoms with van der Waals surface area (Å²) in [5.41, 5.74) is 6.81. The molecule has 1 aromatic carbocycles. The van der Waals surface area contributed by atoms with Crippen LogP contribution < -0.4 is 5.73 Å². The molecule has 2 aromatic heterocycles. The van der Waals surface area contributed by atoms with Gasteiger partial charge in [-0.15, -0.1) is 11.3 Å². The van der Waals surface area contributed by atoms with Gasteiger partial charge in [0.05, 0.1) is 9.88 Å². The number of anilines is 1. The van der Waals surface area contributed by atoms with Crippen LogP contribution in [0, 0.1) is 0 Å². The number of rotatable bonds is 3. The number of nitrogens with zero attached hydrogens (tertiary/aromatic N) is 2. The van der Waals surface area contributed by atoms with E-state index in [1.165, 1.54) is 11.3 Å². The molecule has 0 aliphatic rings. The van der Waals surface area contributed by atoms with Gasteiger partial charge in [-0.1, -0.05) is 39.3 Å². The minimum absolute atomic E-state index is 0.517. The highest BCUT2D eigenvalue weighted by Crippen LogP contribution is 2.28. The van der Waals surface area contributed by atoms with Crippen molar-refractivity contribution in [2.24, 2.45) is 0 Å². The SMILES string of the molecule is Nc1ccc(-c2nc(Cc3ccccc3Br)no2)s1. The lowest BCUT2D eigenvalue weighted by Gasteiger charge is -1.99. The Morgan fingerprint density at radius 1 is 1.21 bits per heavy atom. The molecule has 0 radical (unpaired) electrons. The molecule has 0 aliphatic heterocycles. The zero-order valence-corrected chi connectivity index (χ0v) is 12.2. The van der Waals surface area contributed by atoms with E-state index in [1.54, 1.807) is 0 Å². The number of thiophene rings is 1. The first-order valence-electron chi connectivity index (χ1n) is 5.64. The van der Waals surface area contributed by atoms with Crippen molar-refractivity contribution in [1.29, 1.82) is 0 Å². The van der Waals surface area contributed by atoms with E-state index in [2.05, 4.69) is 26.1 Å². The predicted octanol–water partition coefficient (Wildman–Crippen LogP) is 3.73. The van der Waals surface area contributed by atoms with Gasteiger partial charge in [0, 0.05) is 10.9 Å². The summed E-state index contributed by atoms with van der Waals surface area (Å²) < 4.78 is 6.30. The van der Waals surface area contributed by atoms with Gasteiger partial charge in [-0.25, -0.2) is 0 Å². The quantitative estimate of drug-likeness (QED) is 0.791. The van der Waals surface area contributed by atoms with Gasteiger partial charge in [0.1, 0.15) is 0 Å². The van der Waals surface area contributed by atoms with Crippen molar-refractivity contribution in [3.05, 3.63) is 52.3 Å². The molecule has 0 fully saturated rings. The maximum Gasteiger partial charge on any atom is 0.268 e. The third-order valence-corrected chi connectivity index (χ3v) is 4.29. The second kappa shape index (κ2) is 5.14. The topological polar surface area (TPSA) is 64.9 Å². The van der Waals surface area contributed by atoms with Crippen molar-refractivity contribution in [3.63, 3.8) is 0 Å². The summed E-state index contributed by atoms with van der Waals surface area (Å²) in [5, 5.41) is 4.73. The molecule has 0 bridgehead atoms. The monoisotopic (exact) mass is 335 g/mol. The number of halogens is 1. The Bertz CT molecular complexity index is 707. The lowest BCUT2D eigenvalue weighted by atomic mass is 10.1. The summed E-state index contributed by atoms with van der Waals surface area (Å²) in [5.74, 6) is 1.18. The van der Waals surface area contributed by atoms with Crippen LogP contribution in [-0.2, 0) is 6.42 Å². The molecule has 2 heterocycles. The summed E-state index contributed by atoms with van der Waals surface area (Å²) in [6.45, 7) is 0. The van der Waals surface area contributed by atoms with Crippen LogP contribution in [0.1, 0.15) is 11.4 Å². The number of hydrogen-bond donors (Lipinski definition) is 1. The Morgan fingerprint density at radius 3 is 2.79 bits per heavy atom. The van der Waals surface area contributed by atoms with Crippen LogP contribution in [-0.4, -0.2) is 10.1 Å². The zero-order valence-electron chi connectivity index (χ0n) is 9.84. The fourth-order valence-electron chi connectivity index (χ4n) is 1.71. The van der Waals surface area contributed by atoms with Crippen molar-refractivity contribution in [2.75, 3.05) is 5.73 Å². The van der Waals surface area contributed by atoms with E-state index < -0.39 is 0 Å². The van der Waals surface area contributed by atoms with E-state index in [4.69, 9.17) is 10.3 Å². The minimum atomic E-state index is 0.517. The third kappa shape index (κ3) is 2.69. The van der Waals surface area contributed by atoms with Gasteiger partial charge in [-0.2, -0.15) is 4.98 Å². The molecular weight excluding hydrogens is 326 g/mol. The van der Waals surface area contributed by atoms with Crippen LogP contribution in [0.15, 0.2) is 45.4 Å². The molecule has 0 saturated carbocycles.